The van der Waals surface area contributed by atoms with Crippen LogP contribution >= 0.6 is 0 Å². The molecule has 1 N–H and O–H groups in total. The summed E-state index contributed by atoms with van der Waals surface area (Å²) in [6.45, 7) is 5.41. The van der Waals surface area contributed by atoms with Gasteiger partial charge in [0.15, 0.2) is 0 Å². The molecule has 0 unspecified atom stereocenters. The van der Waals surface area contributed by atoms with E-state index in [9.17, 15) is 9.65 Å². The fourth-order valence-electron chi connectivity index (χ4n) is 2.49. The molecule has 0 bridgehead atoms. The van der Waals surface area contributed by atoms with Crippen molar-refractivity contribution in [2.24, 2.45) is 0 Å². The Morgan fingerprint density at radius 1 is 1.37 bits per heavy atom. The number of nitriles is 1. The average Bonchev–Trinajstić information content (AvgIpc) is 2.47. The van der Waals surface area contributed by atoms with Crippen molar-refractivity contribution in [3.63, 3.8) is 0 Å². The molecular weight excluding hydrogens is 241 g/mol. The van der Waals surface area contributed by atoms with Crippen LogP contribution in [0.1, 0.15) is 25.3 Å². The predicted molar refractivity (Wildman–Crippen MR) is 72.9 cm³/mol. The van der Waals surface area contributed by atoms with Crippen LogP contribution < -0.4 is 5.32 Å². The zero-order chi connectivity index (χ0) is 13.7. The molecule has 1 aromatic rings. The molecule has 2 rings (SSSR count). The molecule has 0 amide bonds. The van der Waals surface area contributed by atoms with Crippen LogP contribution in [0.4, 0.5) is 4.39 Å². The minimum atomic E-state index is -0.506. The highest BCUT2D eigenvalue weighted by Gasteiger charge is 2.33. The van der Waals surface area contributed by atoms with Crippen molar-refractivity contribution in [3.8, 4) is 6.07 Å². The fraction of sp³-hybridized carbons (Fsp3) is 0.533. The topological polar surface area (TPSA) is 39.1 Å². The molecular formula is C15H20FN3. The summed E-state index contributed by atoms with van der Waals surface area (Å²) < 4.78 is 13.6. The predicted octanol–water partition coefficient (Wildman–Crippen LogP) is 2.29. The summed E-state index contributed by atoms with van der Waals surface area (Å²) in [6.07, 6.45) is 1.59. The van der Waals surface area contributed by atoms with Crippen molar-refractivity contribution in [2.45, 2.75) is 31.8 Å². The molecule has 1 heterocycles. The maximum absolute atomic E-state index is 13.6. The number of benzene rings is 1. The first-order valence-electron chi connectivity index (χ1n) is 6.81. The molecule has 1 fully saturated rings. The number of likely N-dealkylation sites (tertiary alicyclic amines) is 1. The van der Waals surface area contributed by atoms with Gasteiger partial charge in [-0.1, -0.05) is 25.1 Å². The Morgan fingerprint density at radius 3 is 2.63 bits per heavy atom. The smallest absolute Gasteiger partial charge is 0.127 e. The number of piperidine rings is 1. The van der Waals surface area contributed by atoms with Crippen molar-refractivity contribution in [2.75, 3.05) is 19.6 Å². The van der Waals surface area contributed by atoms with Gasteiger partial charge < -0.3 is 4.90 Å². The maximum atomic E-state index is 13.6. The Bertz CT molecular complexity index is 459. The molecule has 1 aliphatic heterocycles. The van der Waals surface area contributed by atoms with Gasteiger partial charge in [0, 0.05) is 25.2 Å². The van der Waals surface area contributed by atoms with Gasteiger partial charge in [-0.2, -0.15) is 5.26 Å². The normalized spacial score (nSPS) is 19.0. The van der Waals surface area contributed by atoms with Gasteiger partial charge in [-0.05, 0) is 25.5 Å². The zero-order valence-corrected chi connectivity index (χ0v) is 11.3. The quantitative estimate of drug-likeness (QED) is 0.904. The van der Waals surface area contributed by atoms with Crippen molar-refractivity contribution in [3.05, 3.63) is 35.6 Å². The van der Waals surface area contributed by atoms with Crippen molar-refractivity contribution in [1.29, 1.82) is 5.26 Å². The number of rotatable bonds is 4. The first kappa shape index (κ1) is 14.0. The second-order valence-corrected chi connectivity index (χ2v) is 5.07. The molecule has 0 spiro atoms. The molecule has 0 atom stereocenters. The number of halogens is 1. The average molecular weight is 261 g/mol. The van der Waals surface area contributed by atoms with Crippen molar-refractivity contribution < 1.29 is 4.39 Å². The first-order chi connectivity index (χ1) is 9.19. The maximum Gasteiger partial charge on any atom is 0.127 e. The van der Waals surface area contributed by atoms with Crippen LogP contribution in [0.5, 0.6) is 0 Å². The van der Waals surface area contributed by atoms with Gasteiger partial charge in [0.1, 0.15) is 11.4 Å². The monoisotopic (exact) mass is 261 g/mol. The highest BCUT2D eigenvalue weighted by molar-refractivity contribution is 5.19. The summed E-state index contributed by atoms with van der Waals surface area (Å²) in [6, 6.07) is 9.10. The van der Waals surface area contributed by atoms with Gasteiger partial charge >= 0.3 is 0 Å². The third kappa shape index (κ3) is 3.31. The summed E-state index contributed by atoms with van der Waals surface area (Å²) in [5.41, 5.74) is 0.114. The highest BCUT2D eigenvalue weighted by Crippen LogP contribution is 2.22. The third-order valence-corrected chi connectivity index (χ3v) is 3.95. The van der Waals surface area contributed by atoms with Crippen LogP contribution in [-0.4, -0.2) is 30.1 Å². The van der Waals surface area contributed by atoms with E-state index in [1.807, 2.05) is 6.07 Å². The van der Waals surface area contributed by atoms with Crippen molar-refractivity contribution in [1.82, 2.24) is 10.2 Å². The Kier molecular flexibility index (Phi) is 4.52. The summed E-state index contributed by atoms with van der Waals surface area (Å²) >= 11 is 0. The van der Waals surface area contributed by atoms with E-state index in [4.69, 9.17) is 0 Å². The summed E-state index contributed by atoms with van der Waals surface area (Å²) in [5.74, 6) is -0.214. The van der Waals surface area contributed by atoms with E-state index < -0.39 is 5.54 Å². The van der Waals surface area contributed by atoms with Gasteiger partial charge in [-0.3, -0.25) is 5.32 Å². The molecule has 0 aromatic heterocycles. The molecule has 0 aliphatic carbocycles. The molecule has 1 saturated heterocycles. The minimum Gasteiger partial charge on any atom is -0.303 e. The van der Waals surface area contributed by atoms with Gasteiger partial charge in [-0.25, -0.2) is 4.39 Å². The van der Waals surface area contributed by atoms with E-state index in [1.165, 1.54) is 6.07 Å². The van der Waals surface area contributed by atoms with Crippen LogP contribution in [-0.2, 0) is 6.54 Å². The van der Waals surface area contributed by atoms with Gasteiger partial charge in [-0.15, -0.1) is 0 Å². The summed E-state index contributed by atoms with van der Waals surface area (Å²) in [7, 11) is 0. The van der Waals surface area contributed by atoms with Crippen LogP contribution in [0, 0.1) is 17.1 Å². The van der Waals surface area contributed by atoms with Crippen molar-refractivity contribution >= 4 is 0 Å². The van der Waals surface area contributed by atoms with Crippen LogP contribution in [0.2, 0.25) is 0 Å². The standard InChI is InChI=1S/C15H20FN3/c1-2-19-9-7-15(12-17,8-10-19)18-11-13-5-3-4-6-14(13)16/h3-6,18H,2,7-11H2,1H3. The Hall–Kier alpha value is -1.44. The van der Waals surface area contributed by atoms with E-state index in [-0.39, 0.29) is 5.82 Å². The molecule has 1 aromatic carbocycles. The first-order valence-corrected chi connectivity index (χ1v) is 6.81. The van der Waals surface area contributed by atoms with Gasteiger partial charge in [0.2, 0.25) is 0 Å². The number of hydrogen-bond acceptors (Lipinski definition) is 3. The number of hydrogen-bond donors (Lipinski definition) is 1. The second kappa shape index (κ2) is 6.14. The molecule has 0 radical (unpaired) electrons. The molecule has 19 heavy (non-hydrogen) atoms. The second-order valence-electron chi connectivity index (χ2n) is 5.07. The van der Waals surface area contributed by atoms with E-state index in [1.54, 1.807) is 12.1 Å². The van der Waals surface area contributed by atoms with Gasteiger partial charge in [0.25, 0.3) is 0 Å². The SMILES string of the molecule is CCN1CCC(C#N)(NCc2ccccc2F)CC1. The van der Waals surface area contributed by atoms with Crippen LogP contribution in [0.25, 0.3) is 0 Å². The Labute approximate surface area is 114 Å². The van der Waals surface area contributed by atoms with E-state index in [0.29, 0.717) is 12.1 Å². The lowest BCUT2D eigenvalue weighted by Crippen LogP contribution is -2.52. The molecule has 3 nitrogen and oxygen atoms in total. The fourth-order valence-corrected chi connectivity index (χ4v) is 2.49. The lowest BCUT2D eigenvalue weighted by Gasteiger charge is -2.37. The van der Waals surface area contributed by atoms with E-state index in [2.05, 4.69) is 23.2 Å². The largest absolute Gasteiger partial charge is 0.303 e. The van der Waals surface area contributed by atoms with Gasteiger partial charge in [0.05, 0.1) is 6.07 Å². The Balaban J connectivity index is 1.97. The summed E-state index contributed by atoms with van der Waals surface area (Å²) in [5, 5.41) is 12.7. The number of nitrogens with zero attached hydrogens (tertiary/aromatic N) is 2. The molecule has 102 valence electrons. The molecule has 1 aliphatic rings. The Morgan fingerprint density at radius 2 is 2.05 bits per heavy atom. The lowest BCUT2D eigenvalue weighted by atomic mass is 9.88. The lowest BCUT2D eigenvalue weighted by molar-refractivity contribution is 0.172. The van der Waals surface area contributed by atoms with E-state index in [0.717, 1.165) is 32.5 Å². The third-order valence-electron chi connectivity index (χ3n) is 3.95. The van der Waals surface area contributed by atoms with E-state index >= 15 is 0 Å². The number of nitrogens with one attached hydrogen (secondary N) is 1. The molecule has 0 saturated carbocycles. The molecule has 4 heteroatoms. The zero-order valence-electron chi connectivity index (χ0n) is 11.3. The minimum absolute atomic E-state index is 0.214. The summed E-state index contributed by atoms with van der Waals surface area (Å²) in [4.78, 5) is 2.33. The van der Waals surface area contributed by atoms with Crippen LogP contribution in [0.15, 0.2) is 24.3 Å². The highest BCUT2D eigenvalue weighted by atomic mass is 19.1. The van der Waals surface area contributed by atoms with Crippen LogP contribution in [0.3, 0.4) is 0 Å².